The van der Waals surface area contributed by atoms with Crippen molar-refractivity contribution in [3.8, 4) is 11.5 Å². The van der Waals surface area contributed by atoms with Crippen LogP contribution in [0.3, 0.4) is 0 Å². The first-order valence-electron chi connectivity index (χ1n) is 7.97. The van der Waals surface area contributed by atoms with E-state index in [9.17, 15) is 14.7 Å². The molecule has 1 aromatic rings. The Morgan fingerprint density at radius 1 is 0.913 bits per heavy atom. The lowest BCUT2D eigenvalue weighted by Gasteiger charge is -2.17. The quantitative estimate of drug-likeness (QED) is 0.810. The molecule has 0 amide bonds. The number of phenolic OH excluding ortho intramolecular Hbond substituents is 1. The third-order valence-electron chi connectivity index (χ3n) is 4.48. The van der Waals surface area contributed by atoms with Gasteiger partial charge in [-0.05, 0) is 73.9 Å². The number of benzene rings is 1. The summed E-state index contributed by atoms with van der Waals surface area (Å²) < 4.78 is 5.32. The van der Waals surface area contributed by atoms with E-state index in [1.807, 2.05) is 12.1 Å². The van der Waals surface area contributed by atoms with E-state index < -0.39 is 0 Å². The first kappa shape index (κ1) is 15.5. The van der Waals surface area contributed by atoms with E-state index in [2.05, 4.69) is 0 Å². The van der Waals surface area contributed by atoms with Crippen molar-refractivity contribution in [3.63, 3.8) is 0 Å². The van der Waals surface area contributed by atoms with Gasteiger partial charge in [0, 0.05) is 11.1 Å². The highest BCUT2D eigenvalue weighted by Crippen LogP contribution is 2.33. The lowest BCUT2D eigenvalue weighted by molar-refractivity contribution is -0.115. The number of Topliss-reactive ketones (excluding diaryl/α,β-unsaturated/α-hetero) is 1. The second kappa shape index (κ2) is 6.41. The number of ether oxygens (including phenoxy) is 1. The number of aromatic hydroxyl groups is 1. The highest BCUT2D eigenvalue weighted by atomic mass is 16.5. The van der Waals surface area contributed by atoms with Crippen LogP contribution in [0.15, 0.2) is 35.4 Å². The molecule has 0 unspecified atom stereocenters. The average molecular weight is 312 g/mol. The molecule has 0 spiro atoms. The zero-order valence-corrected chi connectivity index (χ0v) is 13.2. The van der Waals surface area contributed by atoms with Crippen molar-refractivity contribution in [1.82, 2.24) is 0 Å². The van der Waals surface area contributed by atoms with Crippen molar-refractivity contribution >= 4 is 11.6 Å². The highest BCUT2D eigenvalue weighted by molar-refractivity contribution is 6.20. The number of allylic oxidation sites excluding steroid dienone is 4. The van der Waals surface area contributed by atoms with E-state index in [1.165, 1.54) is 12.2 Å². The van der Waals surface area contributed by atoms with Crippen LogP contribution in [0.1, 0.15) is 36.8 Å². The summed E-state index contributed by atoms with van der Waals surface area (Å²) in [5.41, 5.74) is 2.86. The predicted molar refractivity (Wildman–Crippen MR) is 86.7 cm³/mol. The number of carbonyl (C=O) groups excluding carboxylic acids is 2. The summed E-state index contributed by atoms with van der Waals surface area (Å²) in [6.07, 6.45) is 6.71. The van der Waals surface area contributed by atoms with Crippen LogP contribution in [0, 0.1) is 0 Å². The molecule has 120 valence electrons. The van der Waals surface area contributed by atoms with E-state index in [1.54, 1.807) is 7.11 Å². The second-order valence-corrected chi connectivity index (χ2v) is 6.07. The number of hydrogen-bond donors (Lipinski definition) is 1. The molecule has 0 aliphatic heterocycles. The third-order valence-corrected chi connectivity index (χ3v) is 4.48. The van der Waals surface area contributed by atoms with Gasteiger partial charge < -0.3 is 9.84 Å². The van der Waals surface area contributed by atoms with Crippen LogP contribution in [0.25, 0.3) is 0 Å². The molecule has 0 heterocycles. The van der Waals surface area contributed by atoms with Crippen LogP contribution >= 0.6 is 0 Å². The summed E-state index contributed by atoms with van der Waals surface area (Å²) >= 11 is 0. The van der Waals surface area contributed by atoms with Crippen LogP contribution in [0.5, 0.6) is 11.5 Å². The third kappa shape index (κ3) is 3.21. The zero-order valence-electron chi connectivity index (χ0n) is 13.2. The van der Waals surface area contributed by atoms with Crippen molar-refractivity contribution in [2.45, 2.75) is 38.5 Å². The SMILES string of the molecule is COc1cc2c(O)c(c1)CCCC1=CC(=O)C=C(CCC2)C1=O. The van der Waals surface area contributed by atoms with E-state index >= 15 is 0 Å². The summed E-state index contributed by atoms with van der Waals surface area (Å²) in [5.74, 6) is 1.00. The summed E-state index contributed by atoms with van der Waals surface area (Å²) in [6, 6.07) is 3.69. The minimum atomic E-state index is -0.0882. The number of ketones is 2. The van der Waals surface area contributed by atoms with Gasteiger partial charge in [-0.3, -0.25) is 9.59 Å². The minimum Gasteiger partial charge on any atom is -0.507 e. The van der Waals surface area contributed by atoms with Gasteiger partial charge in [0.2, 0.25) is 0 Å². The molecule has 4 nitrogen and oxygen atoms in total. The molecule has 0 saturated heterocycles. The van der Waals surface area contributed by atoms with E-state index in [-0.39, 0.29) is 11.6 Å². The molecule has 0 aromatic heterocycles. The van der Waals surface area contributed by atoms with Crippen LogP contribution < -0.4 is 4.74 Å². The second-order valence-electron chi connectivity index (χ2n) is 6.07. The molecule has 2 aliphatic rings. The maximum absolute atomic E-state index is 12.4. The van der Waals surface area contributed by atoms with Crippen molar-refractivity contribution < 1.29 is 19.4 Å². The van der Waals surface area contributed by atoms with Gasteiger partial charge >= 0.3 is 0 Å². The van der Waals surface area contributed by atoms with Crippen molar-refractivity contribution in [2.24, 2.45) is 0 Å². The smallest absolute Gasteiger partial charge is 0.185 e. The monoisotopic (exact) mass is 312 g/mol. The number of aryl methyl sites for hydroxylation is 2. The molecule has 2 aliphatic carbocycles. The lowest BCUT2D eigenvalue weighted by Crippen LogP contribution is -2.15. The first-order valence-corrected chi connectivity index (χ1v) is 7.97. The maximum Gasteiger partial charge on any atom is 0.185 e. The normalized spacial score (nSPS) is 18.5. The maximum atomic E-state index is 12.4. The van der Waals surface area contributed by atoms with Crippen LogP contribution in [0.4, 0.5) is 0 Å². The highest BCUT2D eigenvalue weighted by Gasteiger charge is 2.22. The summed E-state index contributed by atoms with van der Waals surface area (Å²) in [6.45, 7) is 0. The molecule has 3 rings (SSSR count). The molecular formula is C19H20O4. The van der Waals surface area contributed by atoms with Gasteiger partial charge in [0.25, 0.3) is 0 Å². The van der Waals surface area contributed by atoms with Gasteiger partial charge in [-0.1, -0.05) is 0 Å². The standard InChI is InChI=1S/C19H20O4/c1-23-17-10-14-6-2-4-12-8-16(20)9-13(18(12)21)5-3-7-15(11-17)19(14)22/h8-11,22H,2-7H2,1H3. The number of methoxy groups -OCH3 is 1. The largest absolute Gasteiger partial charge is 0.507 e. The summed E-state index contributed by atoms with van der Waals surface area (Å²) in [5, 5.41) is 10.4. The molecular weight excluding hydrogens is 292 g/mol. The first-order chi connectivity index (χ1) is 11.1. The Hall–Kier alpha value is -2.36. The van der Waals surface area contributed by atoms with Crippen molar-refractivity contribution in [1.29, 1.82) is 0 Å². The molecule has 0 atom stereocenters. The summed E-state index contributed by atoms with van der Waals surface area (Å²) in [4.78, 5) is 24.2. The Kier molecular flexibility index (Phi) is 4.33. The number of hydrogen-bond acceptors (Lipinski definition) is 4. The number of fused-ring (bicyclic) bond motifs is 4. The summed E-state index contributed by atoms with van der Waals surface area (Å²) in [7, 11) is 1.62. The zero-order chi connectivity index (χ0) is 16.4. The van der Waals surface area contributed by atoms with Crippen molar-refractivity contribution in [3.05, 3.63) is 46.6 Å². The Morgan fingerprint density at radius 3 is 1.91 bits per heavy atom. The Balaban J connectivity index is 1.94. The molecule has 1 N–H and O–H groups in total. The Morgan fingerprint density at radius 2 is 1.43 bits per heavy atom. The molecule has 4 heteroatoms. The molecule has 4 bridgehead atoms. The number of rotatable bonds is 1. The van der Waals surface area contributed by atoms with E-state index in [0.29, 0.717) is 55.4 Å². The average Bonchev–Trinajstić information content (AvgIpc) is 2.53. The fourth-order valence-electron chi connectivity index (χ4n) is 3.26. The lowest BCUT2D eigenvalue weighted by atomic mass is 9.87. The fourth-order valence-corrected chi connectivity index (χ4v) is 3.26. The van der Waals surface area contributed by atoms with Crippen LogP contribution in [-0.2, 0) is 22.4 Å². The molecule has 0 fully saturated rings. The minimum absolute atomic E-state index is 0.00985. The van der Waals surface area contributed by atoms with Gasteiger partial charge in [-0.15, -0.1) is 0 Å². The molecule has 1 aromatic carbocycles. The Bertz CT molecular complexity index is 672. The van der Waals surface area contributed by atoms with Crippen molar-refractivity contribution in [2.75, 3.05) is 7.11 Å². The predicted octanol–water partition coefficient (Wildman–Crippen LogP) is 3.06. The van der Waals surface area contributed by atoms with E-state index in [0.717, 1.165) is 16.9 Å². The van der Waals surface area contributed by atoms with Gasteiger partial charge in [-0.2, -0.15) is 0 Å². The van der Waals surface area contributed by atoms with E-state index in [4.69, 9.17) is 4.74 Å². The molecule has 0 saturated carbocycles. The van der Waals surface area contributed by atoms with Crippen LogP contribution in [-0.4, -0.2) is 23.8 Å². The van der Waals surface area contributed by atoms with Gasteiger partial charge in [0.1, 0.15) is 11.5 Å². The van der Waals surface area contributed by atoms with Crippen LogP contribution in [0.2, 0.25) is 0 Å². The Labute approximate surface area is 135 Å². The molecule has 23 heavy (non-hydrogen) atoms. The molecule has 0 radical (unpaired) electrons. The fraction of sp³-hybridized carbons (Fsp3) is 0.368. The van der Waals surface area contributed by atoms with Gasteiger partial charge in [-0.25, -0.2) is 0 Å². The van der Waals surface area contributed by atoms with Gasteiger partial charge in [0.05, 0.1) is 7.11 Å². The topological polar surface area (TPSA) is 63.6 Å². The number of carbonyl (C=O) groups is 2. The van der Waals surface area contributed by atoms with Gasteiger partial charge in [0.15, 0.2) is 11.6 Å². The number of phenols is 1.